The lowest BCUT2D eigenvalue weighted by molar-refractivity contribution is 0.0680. The van der Waals surface area contributed by atoms with E-state index in [1.807, 2.05) is 16.3 Å². The molecule has 0 unspecified atom stereocenters. The van der Waals surface area contributed by atoms with Crippen LogP contribution in [0.2, 0.25) is 0 Å². The van der Waals surface area contributed by atoms with E-state index in [2.05, 4.69) is 6.19 Å². The number of carbonyl (C=O) groups excluding carboxylic acids is 2. The van der Waals surface area contributed by atoms with Gasteiger partial charge in [0, 0.05) is 71.2 Å². The van der Waals surface area contributed by atoms with Gasteiger partial charge in [0.25, 0.3) is 17.4 Å². The van der Waals surface area contributed by atoms with Crippen LogP contribution in [0.15, 0.2) is 33.7 Å². The Labute approximate surface area is 212 Å². The molecule has 0 saturated carbocycles. The maximum absolute atomic E-state index is 13.6. The predicted molar refractivity (Wildman–Crippen MR) is 135 cm³/mol. The largest absolute Gasteiger partial charge is 0.389 e. The highest BCUT2D eigenvalue weighted by molar-refractivity contribution is 7.12. The van der Waals surface area contributed by atoms with Gasteiger partial charge in [-0.2, -0.15) is 5.26 Å². The SMILES string of the molecule is Cn1cc(/C=C(\N)Cl)c(N2CCN(C(=O)c3cccs3)CC2)c(C(=O)N2CCN(C#N)CC2)c1=O. The van der Waals surface area contributed by atoms with Crippen LogP contribution in [0.3, 0.4) is 0 Å². The van der Waals surface area contributed by atoms with Gasteiger partial charge in [0.15, 0.2) is 6.19 Å². The Morgan fingerprint density at radius 1 is 1.09 bits per heavy atom. The summed E-state index contributed by atoms with van der Waals surface area (Å²) in [5.41, 5.74) is 6.40. The van der Waals surface area contributed by atoms with Crippen LogP contribution in [0.4, 0.5) is 5.69 Å². The van der Waals surface area contributed by atoms with Crippen molar-refractivity contribution in [2.24, 2.45) is 12.8 Å². The zero-order valence-corrected chi connectivity index (χ0v) is 20.9. The van der Waals surface area contributed by atoms with Gasteiger partial charge in [-0.05, 0) is 17.5 Å². The molecule has 4 rings (SSSR count). The van der Waals surface area contributed by atoms with Gasteiger partial charge in [-0.1, -0.05) is 17.7 Å². The standard InChI is InChI=1S/C23H26ClN7O3S/c1-27-14-16(13-18(24)26)20(19(22(27)33)23(34)31-6-4-28(15-25)5-7-31)29-8-10-30(11-9-29)21(32)17-3-2-12-35-17/h2-3,12-14H,4-11,26H2,1H3/b18-13-. The average molecular weight is 516 g/mol. The Morgan fingerprint density at radius 2 is 1.71 bits per heavy atom. The smallest absolute Gasteiger partial charge is 0.265 e. The summed E-state index contributed by atoms with van der Waals surface area (Å²) in [5, 5.41) is 11.0. The number of thiophene rings is 1. The Hall–Kier alpha value is -3.49. The molecule has 0 bridgehead atoms. The molecule has 184 valence electrons. The van der Waals surface area contributed by atoms with Crippen LogP contribution in [0.5, 0.6) is 0 Å². The first-order chi connectivity index (χ1) is 16.8. The summed E-state index contributed by atoms with van der Waals surface area (Å²) in [4.78, 5) is 47.3. The van der Waals surface area contributed by atoms with E-state index in [4.69, 9.17) is 22.6 Å². The molecular formula is C23H26ClN7O3S. The average Bonchev–Trinajstić information content (AvgIpc) is 3.40. The zero-order chi connectivity index (χ0) is 25.1. The van der Waals surface area contributed by atoms with E-state index in [-0.39, 0.29) is 16.6 Å². The summed E-state index contributed by atoms with van der Waals surface area (Å²) in [7, 11) is 1.58. The number of amides is 2. The third kappa shape index (κ3) is 5.13. The highest BCUT2D eigenvalue weighted by Crippen LogP contribution is 2.28. The topological polar surface area (TPSA) is 119 Å². The second-order valence-electron chi connectivity index (χ2n) is 8.39. The summed E-state index contributed by atoms with van der Waals surface area (Å²) in [5.74, 6) is -0.418. The summed E-state index contributed by atoms with van der Waals surface area (Å²) >= 11 is 7.40. The van der Waals surface area contributed by atoms with E-state index < -0.39 is 11.5 Å². The quantitative estimate of drug-likeness (QED) is 0.479. The Kier molecular flexibility index (Phi) is 7.33. The van der Waals surface area contributed by atoms with Crippen molar-refractivity contribution in [3.63, 3.8) is 0 Å². The van der Waals surface area contributed by atoms with Crippen LogP contribution in [0, 0.1) is 11.5 Å². The van der Waals surface area contributed by atoms with Crippen molar-refractivity contribution in [1.29, 1.82) is 5.26 Å². The van der Waals surface area contributed by atoms with Crippen molar-refractivity contribution in [2.75, 3.05) is 57.3 Å². The van der Waals surface area contributed by atoms with Crippen LogP contribution in [0.1, 0.15) is 25.6 Å². The van der Waals surface area contributed by atoms with Crippen LogP contribution in [-0.4, -0.2) is 83.4 Å². The number of nitrogens with zero attached hydrogens (tertiary/aromatic N) is 6. The van der Waals surface area contributed by atoms with Crippen LogP contribution in [0.25, 0.3) is 6.08 Å². The number of nitriles is 1. The first-order valence-electron chi connectivity index (χ1n) is 11.2. The van der Waals surface area contributed by atoms with Crippen molar-refractivity contribution in [1.82, 2.24) is 19.3 Å². The van der Waals surface area contributed by atoms with Crippen molar-refractivity contribution >= 4 is 46.5 Å². The molecule has 2 fully saturated rings. The minimum absolute atomic E-state index is 0.0254. The van der Waals surface area contributed by atoms with Gasteiger partial charge in [-0.3, -0.25) is 14.4 Å². The Bertz CT molecular complexity index is 1230. The first kappa shape index (κ1) is 24.6. The number of pyridine rings is 1. The molecule has 12 heteroatoms. The number of aryl methyl sites for hydroxylation is 1. The fourth-order valence-corrected chi connectivity index (χ4v) is 5.20. The third-order valence-electron chi connectivity index (χ3n) is 6.21. The van der Waals surface area contributed by atoms with Gasteiger partial charge < -0.3 is 29.9 Å². The van der Waals surface area contributed by atoms with Gasteiger partial charge >= 0.3 is 0 Å². The van der Waals surface area contributed by atoms with Crippen LogP contribution in [-0.2, 0) is 7.05 Å². The molecule has 35 heavy (non-hydrogen) atoms. The molecule has 0 atom stereocenters. The van der Waals surface area contributed by atoms with Crippen molar-refractivity contribution in [2.45, 2.75) is 0 Å². The Balaban J connectivity index is 1.67. The molecular weight excluding hydrogens is 490 g/mol. The van der Waals surface area contributed by atoms with E-state index in [9.17, 15) is 14.4 Å². The van der Waals surface area contributed by atoms with E-state index in [1.54, 1.807) is 34.0 Å². The van der Waals surface area contributed by atoms with E-state index >= 15 is 0 Å². The number of piperazine rings is 2. The van der Waals surface area contributed by atoms with Crippen molar-refractivity contribution in [3.05, 3.63) is 55.2 Å². The molecule has 2 aliphatic heterocycles. The maximum atomic E-state index is 13.6. The minimum Gasteiger partial charge on any atom is -0.389 e. The number of hydrogen-bond acceptors (Lipinski definition) is 8. The zero-order valence-electron chi connectivity index (χ0n) is 19.3. The van der Waals surface area contributed by atoms with Crippen LogP contribution < -0.4 is 16.2 Å². The van der Waals surface area contributed by atoms with Gasteiger partial charge in [0.2, 0.25) is 0 Å². The highest BCUT2D eigenvalue weighted by Gasteiger charge is 2.32. The Morgan fingerprint density at radius 3 is 2.29 bits per heavy atom. The number of halogens is 1. The van der Waals surface area contributed by atoms with Gasteiger partial charge in [0.05, 0.1) is 15.7 Å². The van der Waals surface area contributed by atoms with Crippen molar-refractivity contribution < 1.29 is 9.59 Å². The summed E-state index contributed by atoms with van der Waals surface area (Å²) in [6, 6.07) is 3.65. The molecule has 2 N–H and O–H groups in total. The van der Waals surface area contributed by atoms with Gasteiger partial charge in [0.1, 0.15) is 5.56 Å². The fourth-order valence-electron chi connectivity index (χ4n) is 4.39. The van der Waals surface area contributed by atoms with E-state index in [0.717, 1.165) is 0 Å². The molecule has 2 aromatic rings. The monoisotopic (exact) mass is 515 g/mol. The number of carbonyl (C=O) groups is 2. The molecule has 10 nitrogen and oxygen atoms in total. The number of rotatable bonds is 4. The third-order valence-corrected chi connectivity index (χ3v) is 7.17. The van der Waals surface area contributed by atoms with Gasteiger partial charge in [-0.25, -0.2) is 0 Å². The predicted octanol–water partition coefficient (Wildman–Crippen LogP) is 1.14. The minimum atomic E-state index is -0.421. The molecule has 0 spiro atoms. The van der Waals surface area contributed by atoms with E-state index in [1.165, 1.54) is 22.0 Å². The summed E-state index contributed by atoms with van der Waals surface area (Å²) < 4.78 is 1.35. The second kappa shape index (κ2) is 10.4. The lowest BCUT2D eigenvalue weighted by Crippen LogP contribution is -2.51. The summed E-state index contributed by atoms with van der Waals surface area (Å²) in [6.45, 7) is 3.28. The second-order valence-corrected chi connectivity index (χ2v) is 9.77. The molecule has 0 aliphatic carbocycles. The first-order valence-corrected chi connectivity index (χ1v) is 12.4. The lowest BCUT2D eigenvalue weighted by atomic mass is 10.1. The normalized spacial score (nSPS) is 16.9. The lowest BCUT2D eigenvalue weighted by Gasteiger charge is -2.38. The number of aromatic nitrogens is 1. The molecule has 2 aromatic heterocycles. The molecule has 2 aliphatic rings. The highest BCUT2D eigenvalue weighted by atomic mass is 35.5. The molecule has 0 radical (unpaired) electrons. The molecule has 2 saturated heterocycles. The van der Waals surface area contributed by atoms with Gasteiger partial charge in [-0.15, -0.1) is 11.3 Å². The molecule has 4 heterocycles. The van der Waals surface area contributed by atoms with E-state index in [0.29, 0.717) is 68.5 Å². The fraction of sp³-hybridized carbons (Fsp3) is 0.391. The number of anilines is 1. The maximum Gasteiger partial charge on any atom is 0.265 e. The number of hydrogen-bond donors (Lipinski definition) is 1. The summed E-state index contributed by atoms with van der Waals surface area (Å²) in [6.07, 6.45) is 5.24. The van der Waals surface area contributed by atoms with Crippen molar-refractivity contribution in [3.8, 4) is 6.19 Å². The molecule has 2 amide bonds. The molecule has 0 aromatic carbocycles. The van der Waals surface area contributed by atoms with Crippen LogP contribution >= 0.6 is 22.9 Å². The number of nitrogens with two attached hydrogens (primary N) is 1.